The van der Waals surface area contributed by atoms with Gasteiger partial charge in [0, 0.05) is 24.8 Å². The molecule has 0 amide bonds. The minimum Gasteiger partial charge on any atom is -0.265 e. The van der Waals surface area contributed by atoms with Crippen molar-refractivity contribution in [2.24, 2.45) is 0 Å². The maximum absolute atomic E-state index is 4.17. The number of hydrogen-bond donors (Lipinski definition) is 0. The van der Waals surface area contributed by atoms with Gasteiger partial charge in [-0.1, -0.05) is 45.0 Å². The van der Waals surface area contributed by atoms with E-state index in [0.29, 0.717) is 0 Å². The van der Waals surface area contributed by atoms with Crippen LogP contribution in [0.4, 0.5) is 0 Å². The Morgan fingerprint density at radius 2 is 1.23 bits per heavy atom. The molecular formula is C24H22N2. The fraction of sp³-hybridized carbons (Fsp3) is 0.167. The van der Waals surface area contributed by atoms with Crippen LogP contribution in [0.2, 0.25) is 0 Å². The number of nitrogens with zero attached hydrogens (tertiary/aromatic N) is 2. The second-order valence-corrected chi connectivity index (χ2v) is 7.65. The van der Waals surface area contributed by atoms with Gasteiger partial charge in [-0.05, 0) is 74.3 Å². The summed E-state index contributed by atoms with van der Waals surface area (Å²) in [5.74, 6) is 0. The van der Waals surface area contributed by atoms with E-state index in [1.807, 2.05) is 24.8 Å². The molecule has 0 aliphatic rings. The van der Waals surface area contributed by atoms with Crippen molar-refractivity contribution in [2.45, 2.75) is 26.2 Å². The molecule has 0 bridgehead atoms. The van der Waals surface area contributed by atoms with Crippen molar-refractivity contribution in [1.82, 2.24) is 9.97 Å². The fourth-order valence-corrected chi connectivity index (χ4v) is 3.63. The molecule has 0 saturated carbocycles. The van der Waals surface area contributed by atoms with Crippen molar-refractivity contribution in [1.29, 1.82) is 0 Å². The lowest BCUT2D eigenvalue weighted by Crippen LogP contribution is -2.13. The van der Waals surface area contributed by atoms with Crippen LogP contribution in [-0.2, 0) is 5.41 Å². The molecule has 0 atom stereocenters. The van der Waals surface area contributed by atoms with E-state index in [1.54, 1.807) is 0 Å². The molecule has 0 fully saturated rings. The van der Waals surface area contributed by atoms with Gasteiger partial charge in [0.25, 0.3) is 0 Å². The van der Waals surface area contributed by atoms with Crippen molar-refractivity contribution in [3.63, 3.8) is 0 Å². The normalized spacial score (nSPS) is 11.7. The van der Waals surface area contributed by atoms with E-state index in [4.69, 9.17) is 0 Å². The molecule has 26 heavy (non-hydrogen) atoms. The summed E-state index contributed by atoms with van der Waals surface area (Å²) < 4.78 is 0. The first kappa shape index (κ1) is 16.5. The van der Waals surface area contributed by atoms with Crippen LogP contribution in [-0.4, -0.2) is 9.97 Å². The van der Waals surface area contributed by atoms with Gasteiger partial charge in [-0.15, -0.1) is 0 Å². The molecule has 0 aliphatic heterocycles. The zero-order valence-electron chi connectivity index (χ0n) is 15.4. The number of rotatable bonds is 2. The van der Waals surface area contributed by atoms with Gasteiger partial charge in [0.15, 0.2) is 0 Å². The van der Waals surface area contributed by atoms with E-state index in [1.165, 1.54) is 38.6 Å². The highest BCUT2D eigenvalue weighted by Gasteiger charge is 2.22. The molecule has 0 unspecified atom stereocenters. The topological polar surface area (TPSA) is 25.8 Å². The van der Waals surface area contributed by atoms with E-state index in [9.17, 15) is 0 Å². The Morgan fingerprint density at radius 1 is 0.615 bits per heavy atom. The molecule has 2 aromatic heterocycles. The van der Waals surface area contributed by atoms with E-state index >= 15 is 0 Å². The number of aromatic nitrogens is 2. The molecule has 2 heteroatoms. The Morgan fingerprint density at radius 3 is 1.85 bits per heavy atom. The summed E-state index contributed by atoms with van der Waals surface area (Å²) in [6.45, 7) is 6.84. The monoisotopic (exact) mass is 338 g/mol. The first-order chi connectivity index (χ1) is 12.5. The van der Waals surface area contributed by atoms with E-state index in [-0.39, 0.29) is 5.41 Å². The quantitative estimate of drug-likeness (QED) is 0.431. The molecule has 0 radical (unpaired) electrons. The van der Waals surface area contributed by atoms with Gasteiger partial charge >= 0.3 is 0 Å². The predicted octanol–water partition coefficient (Wildman–Crippen LogP) is 6.26. The van der Waals surface area contributed by atoms with Crippen molar-refractivity contribution in [2.75, 3.05) is 0 Å². The molecule has 2 heterocycles. The highest BCUT2D eigenvalue weighted by Crippen LogP contribution is 2.39. The molecule has 4 rings (SSSR count). The van der Waals surface area contributed by atoms with E-state index in [2.05, 4.69) is 85.3 Å². The van der Waals surface area contributed by atoms with Crippen LogP contribution < -0.4 is 0 Å². The standard InChI is InChI=1S/C24H22N2/c1-24(2,3)23-21(18-10-14-26-15-11-18)7-5-20-16-19(4-6-22(20)23)17-8-12-25-13-9-17/h4-16H,1-3H3. The Labute approximate surface area is 154 Å². The van der Waals surface area contributed by atoms with Gasteiger partial charge in [-0.2, -0.15) is 0 Å². The molecule has 0 aliphatic carbocycles. The zero-order chi connectivity index (χ0) is 18.1. The maximum Gasteiger partial charge on any atom is 0.0273 e. The molecule has 0 spiro atoms. The lowest BCUT2D eigenvalue weighted by Gasteiger charge is -2.26. The first-order valence-corrected chi connectivity index (χ1v) is 8.92. The van der Waals surface area contributed by atoms with Gasteiger partial charge in [0.2, 0.25) is 0 Å². The van der Waals surface area contributed by atoms with Crippen LogP contribution >= 0.6 is 0 Å². The largest absolute Gasteiger partial charge is 0.265 e. The Kier molecular flexibility index (Phi) is 4.04. The summed E-state index contributed by atoms with van der Waals surface area (Å²) >= 11 is 0. The smallest absolute Gasteiger partial charge is 0.0273 e. The number of pyridine rings is 2. The highest BCUT2D eigenvalue weighted by atomic mass is 14.6. The van der Waals surface area contributed by atoms with Crippen LogP contribution in [0.1, 0.15) is 26.3 Å². The third-order valence-electron chi connectivity index (χ3n) is 4.77. The van der Waals surface area contributed by atoms with Crippen molar-refractivity contribution in [3.05, 3.63) is 84.9 Å². The highest BCUT2D eigenvalue weighted by molar-refractivity contribution is 5.95. The van der Waals surface area contributed by atoms with Crippen molar-refractivity contribution >= 4 is 10.8 Å². The summed E-state index contributed by atoms with van der Waals surface area (Å²) in [5, 5.41) is 2.58. The SMILES string of the molecule is CC(C)(C)c1c(-c2ccncc2)ccc2cc(-c3ccncc3)ccc12. The summed E-state index contributed by atoms with van der Waals surface area (Å²) in [4.78, 5) is 8.28. The fourth-order valence-electron chi connectivity index (χ4n) is 3.63. The van der Waals surface area contributed by atoms with E-state index < -0.39 is 0 Å². The van der Waals surface area contributed by atoms with Gasteiger partial charge < -0.3 is 0 Å². The van der Waals surface area contributed by atoms with Crippen LogP contribution in [0, 0.1) is 0 Å². The predicted molar refractivity (Wildman–Crippen MR) is 109 cm³/mol. The Balaban J connectivity index is 1.96. The van der Waals surface area contributed by atoms with Crippen LogP contribution in [0.25, 0.3) is 33.0 Å². The Bertz CT molecular complexity index is 1050. The van der Waals surface area contributed by atoms with Gasteiger partial charge in [0.1, 0.15) is 0 Å². The average Bonchev–Trinajstić information content (AvgIpc) is 2.67. The first-order valence-electron chi connectivity index (χ1n) is 8.92. The molecule has 2 nitrogen and oxygen atoms in total. The summed E-state index contributed by atoms with van der Waals surface area (Å²) in [6.07, 6.45) is 7.40. The number of hydrogen-bond acceptors (Lipinski definition) is 2. The summed E-state index contributed by atoms with van der Waals surface area (Å²) in [7, 11) is 0. The summed E-state index contributed by atoms with van der Waals surface area (Å²) in [6, 6.07) is 19.5. The second-order valence-electron chi connectivity index (χ2n) is 7.65. The third-order valence-corrected chi connectivity index (χ3v) is 4.77. The lowest BCUT2D eigenvalue weighted by atomic mass is 9.78. The minimum absolute atomic E-state index is 0.0380. The van der Waals surface area contributed by atoms with E-state index in [0.717, 1.165) is 0 Å². The number of fused-ring (bicyclic) bond motifs is 1. The molecule has 0 saturated heterocycles. The van der Waals surface area contributed by atoms with Crippen molar-refractivity contribution < 1.29 is 0 Å². The minimum atomic E-state index is 0.0380. The lowest BCUT2D eigenvalue weighted by molar-refractivity contribution is 0.597. The third kappa shape index (κ3) is 2.99. The summed E-state index contributed by atoms with van der Waals surface area (Å²) in [5.41, 5.74) is 6.32. The maximum atomic E-state index is 4.17. The Hall–Kier alpha value is -3.00. The van der Waals surface area contributed by atoms with Crippen LogP contribution in [0.15, 0.2) is 79.4 Å². The average molecular weight is 338 g/mol. The molecule has 4 aromatic rings. The number of benzene rings is 2. The second kappa shape index (κ2) is 6.38. The van der Waals surface area contributed by atoms with Crippen molar-refractivity contribution in [3.8, 4) is 22.3 Å². The van der Waals surface area contributed by atoms with Crippen LogP contribution in [0.5, 0.6) is 0 Å². The van der Waals surface area contributed by atoms with Crippen LogP contribution in [0.3, 0.4) is 0 Å². The van der Waals surface area contributed by atoms with Gasteiger partial charge in [-0.25, -0.2) is 0 Å². The molecule has 2 aromatic carbocycles. The zero-order valence-corrected chi connectivity index (χ0v) is 15.4. The van der Waals surface area contributed by atoms with Gasteiger partial charge in [0.05, 0.1) is 0 Å². The molecule has 128 valence electrons. The van der Waals surface area contributed by atoms with Gasteiger partial charge in [-0.3, -0.25) is 9.97 Å². The molecule has 0 N–H and O–H groups in total. The molecular weight excluding hydrogens is 316 g/mol.